The average Bonchev–Trinajstić information content (AvgIpc) is 2.82. The summed E-state index contributed by atoms with van der Waals surface area (Å²) in [5.74, 6) is 1.91. The number of aliphatic carboxylic acids is 1. The Morgan fingerprint density at radius 1 is 1.29 bits per heavy atom. The molecule has 7 heteroatoms. The van der Waals surface area contributed by atoms with E-state index in [0.717, 1.165) is 35.0 Å². The molecule has 0 radical (unpaired) electrons. The Morgan fingerprint density at radius 2 is 2.00 bits per heavy atom. The van der Waals surface area contributed by atoms with Gasteiger partial charge in [0.15, 0.2) is 0 Å². The lowest BCUT2D eigenvalue weighted by Crippen LogP contribution is -2.41. The van der Waals surface area contributed by atoms with Crippen molar-refractivity contribution < 1.29 is 24.1 Å². The number of carbonyl (C=O) groups is 1. The first-order chi connectivity index (χ1) is 16.7. The van der Waals surface area contributed by atoms with E-state index in [1.165, 1.54) is 0 Å². The molecule has 0 aromatic heterocycles. The zero-order valence-electron chi connectivity index (χ0n) is 21.5. The molecule has 1 aromatic rings. The van der Waals surface area contributed by atoms with Crippen molar-refractivity contribution in [1.82, 2.24) is 0 Å². The molecule has 2 rings (SSSR count). The summed E-state index contributed by atoms with van der Waals surface area (Å²) in [6, 6.07) is 9.00. The van der Waals surface area contributed by atoms with Crippen LogP contribution in [0.1, 0.15) is 47.5 Å². The number of hydrogen-bond acceptors (Lipinski definition) is 6. The van der Waals surface area contributed by atoms with E-state index in [4.69, 9.17) is 14.2 Å². The maximum absolute atomic E-state index is 11.9. The highest BCUT2D eigenvalue weighted by molar-refractivity contribution is 8.00. The highest BCUT2D eigenvalue weighted by atomic mass is 32.2. The second kappa shape index (κ2) is 13.8. The van der Waals surface area contributed by atoms with E-state index in [2.05, 4.69) is 11.1 Å². The van der Waals surface area contributed by atoms with Gasteiger partial charge in [0.1, 0.15) is 11.5 Å². The van der Waals surface area contributed by atoms with Gasteiger partial charge in [0.05, 0.1) is 24.2 Å². The van der Waals surface area contributed by atoms with E-state index in [1.54, 1.807) is 30.8 Å². The molecule has 0 bridgehead atoms. The summed E-state index contributed by atoms with van der Waals surface area (Å²) in [5.41, 5.74) is 0.639. The number of nitrogens with zero attached hydrogens (tertiary/aromatic N) is 1. The lowest BCUT2D eigenvalue weighted by molar-refractivity contribution is -0.153. The quantitative estimate of drug-likeness (QED) is 0.188. The summed E-state index contributed by atoms with van der Waals surface area (Å²) in [7, 11) is 0. The van der Waals surface area contributed by atoms with Crippen molar-refractivity contribution in [2.75, 3.05) is 19.4 Å². The van der Waals surface area contributed by atoms with Crippen LogP contribution in [0.15, 0.2) is 82.3 Å². The number of rotatable bonds is 13. The largest absolute Gasteiger partial charge is 0.498 e. The Balaban J connectivity index is 1.89. The number of carboxylic acids is 1. The Morgan fingerprint density at radius 3 is 2.60 bits per heavy atom. The van der Waals surface area contributed by atoms with E-state index < -0.39 is 11.6 Å². The number of hydrogen-bond donors (Lipinski definition) is 1. The summed E-state index contributed by atoms with van der Waals surface area (Å²) < 4.78 is 17.6. The van der Waals surface area contributed by atoms with Gasteiger partial charge in [-0.1, -0.05) is 42.0 Å². The van der Waals surface area contributed by atoms with Gasteiger partial charge in [-0.25, -0.2) is 9.79 Å². The average molecular weight is 500 g/mol. The monoisotopic (exact) mass is 499 g/mol. The standard InChI is InChI=1S/C28H37NO5S/c1-7-11-25(35-6)26-29-19-23(22(4)33-26)16-17-32-21(3)15-14-20(2)18-28(5,27(30)31)34-24-12-9-8-10-13-24/h7-15,25H,16-19H2,1-6H3,(H,30,31)/b11-7?,20-14+,21-15+. The Bertz CT molecular complexity index is 1010. The van der Waals surface area contributed by atoms with Gasteiger partial charge in [-0.3, -0.25) is 0 Å². The smallest absolute Gasteiger partial charge is 0.348 e. The lowest BCUT2D eigenvalue weighted by Gasteiger charge is -2.26. The third-order valence-electron chi connectivity index (χ3n) is 5.54. The van der Waals surface area contributed by atoms with Crippen LogP contribution in [-0.2, 0) is 14.3 Å². The molecule has 1 aromatic carbocycles. The van der Waals surface area contributed by atoms with Crippen molar-refractivity contribution in [3.63, 3.8) is 0 Å². The summed E-state index contributed by atoms with van der Waals surface area (Å²) in [6.07, 6.45) is 10.8. The van der Waals surface area contributed by atoms with Crippen LogP contribution in [0.5, 0.6) is 5.75 Å². The maximum atomic E-state index is 11.9. The third kappa shape index (κ3) is 8.98. The predicted octanol–water partition coefficient (Wildman–Crippen LogP) is 6.57. The fourth-order valence-electron chi connectivity index (χ4n) is 3.52. The molecule has 1 aliphatic heterocycles. The predicted molar refractivity (Wildman–Crippen MR) is 144 cm³/mol. The Hall–Kier alpha value is -2.93. The van der Waals surface area contributed by atoms with Crippen LogP contribution in [-0.4, -0.2) is 47.2 Å². The van der Waals surface area contributed by atoms with E-state index >= 15 is 0 Å². The van der Waals surface area contributed by atoms with Gasteiger partial charge in [-0.05, 0) is 64.7 Å². The van der Waals surface area contributed by atoms with Crippen molar-refractivity contribution >= 4 is 23.6 Å². The molecule has 1 N–H and O–H groups in total. The molecule has 0 fully saturated rings. The molecular formula is C28H37NO5S. The van der Waals surface area contributed by atoms with Gasteiger partial charge >= 0.3 is 5.97 Å². The molecular weight excluding hydrogens is 462 g/mol. The van der Waals surface area contributed by atoms with Crippen LogP contribution >= 0.6 is 11.8 Å². The van der Waals surface area contributed by atoms with Gasteiger partial charge in [0.25, 0.3) is 0 Å². The Kier molecular flexibility index (Phi) is 11.2. The molecule has 190 valence electrons. The van der Waals surface area contributed by atoms with Crippen molar-refractivity contribution in [3.8, 4) is 5.75 Å². The van der Waals surface area contributed by atoms with Crippen molar-refractivity contribution in [3.05, 3.63) is 77.3 Å². The summed E-state index contributed by atoms with van der Waals surface area (Å²) in [4.78, 5) is 16.5. The maximum Gasteiger partial charge on any atom is 0.348 e. The molecule has 2 atom stereocenters. The molecule has 1 heterocycles. The molecule has 0 saturated carbocycles. The third-order valence-corrected chi connectivity index (χ3v) is 6.40. The van der Waals surface area contributed by atoms with Crippen LogP contribution in [0.4, 0.5) is 0 Å². The van der Waals surface area contributed by atoms with Gasteiger partial charge < -0.3 is 19.3 Å². The van der Waals surface area contributed by atoms with Crippen LogP contribution in [0, 0.1) is 0 Å². The Labute approximate surface area is 213 Å². The first-order valence-electron chi connectivity index (χ1n) is 11.7. The second-order valence-corrected chi connectivity index (χ2v) is 9.59. The normalized spacial score (nSPS) is 17.5. The molecule has 0 aliphatic carbocycles. The number of allylic oxidation sites excluding steroid dienone is 5. The van der Waals surface area contributed by atoms with Gasteiger partial charge in [-0.2, -0.15) is 0 Å². The minimum atomic E-state index is -1.36. The van der Waals surface area contributed by atoms with Gasteiger partial charge in [0, 0.05) is 12.8 Å². The molecule has 35 heavy (non-hydrogen) atoms. The molecule has 0 saturated heterocycles. The van der Waals surface area contributed by atoms with E-state index in [1.807, 2.05) is 70.4 Å². The van der Waals surface area contributed by atoms with Gasteiger partial charge in [0.2, 0.25) is 11.5 Å². The van der Waals surface area contributed by atoms with Crippen molar-refractivity contribution in [2.24, 2.45) is 4.99 Å². The van der Waals surface area contributed by atoms with E-state index in [-0.39, 0.29) is 11.7 Å². The number of carboxylic acid groups (broad SMARTS) is 1. The SMILES string of the molecule is CC=CC(SC)C1=NCC(CCO/C(C)=C/C=C(\C)CC(C)(Oc2ccccc2)C(=O)O)=C(C)O1. The number of benzene rings is 1. The number of aliphatic imine (C=N–C) groups is 1. The van der Waals surface area contributed by atoms with Gasteiger partial charge in [-0.15, -0.1) is 11.8 Å². The highest BCUT2D eigenvalue weighted by Crippen LogP contribution is 2.25. The number of para-hydroxylation sites is 1. The fraction of sp³-hybridized carbons (Fsp3) is 0.429. The van der Waals surface area contributed by atoms with Crippen LogP contribution in [0.25, 0.3) is 0 Å². The second-order valence-electron chi connectivity index (χ2n) is 8.62. The summed E-state index contributed by atoms with van der Waals surface area (Å²) in [6.45, 7) is 10.5. The molecule has 2 unspecified atom stereocenters. The lowest BCUT2D eigenvalue weighted by atomic mass is 9.96. The van der Waals surface area contributed by atoms with Crippen LogP contribution < -0.4 is 4.74 Å². The molecule has 6 nitrogen and oxygen atoms in total. The molecule has 0 spiro atoms. The zero-order valence-corrected chi connectivity index (χ0v) is 22.4. The first kappa shape index (κ1) is 28.3. The number of ether oxygens (including phenoxy) is 3. The van der Waals surface area contributed by atoms with Crippen LogP contribution in [0.3, 0.4) is 0 Å². The zero-order chi connectivity index (χ0) is 25.8. The molecule has 0 amide bonds. The van der Waals surface area contributed by atoms with E-state index in [0.29, 0.717) is 18.9 Å². The first-order valence-corrected chi connectivity index (χ1v) is 13.0. The topological polar surface area (TPSA) is 77.4 Å². The number of thioether (sulfide) groups is 1. The fourth-order valence-corrected chi connectivity index (χ4v) is 4.16. The van der Waals surface area contributed by atoms with Crippen LogP contribution in [0.2, 0.25) is 0 Å². The minimum absolute atomic E-state index is 0.133. The minimum Gasteiger partial charge on any atom is -0.498 e. The van der Waals surface area contributed by atoms with Crippen molar-refractivity contribution in [1.29, 1.82) is 0 Å². The van der Waals surface area contributed by atoms with Crippen molar-refractivity contribution in [2.45, 2.75) is 58.3 Å². The molecule has 1 aliphatic rings. The summed E-state index contributed by atoms with van der Waals surface area (Å²) in [5, 5.41) is 9.88. The highest BCUT2D eigenvalue weighted by Gasteiger charge is 2.35. The van der Waals surface area contributed by atoms with E-state index in [9.17, 15) is 9.90 Å². The summed E-state index contributed by atoms with van der Waals surface area (Å²) >= 11 is 1.70.